The first-order chi connectivity index (χ1) is 19.1. The monoisotopic (exact) mass is 548 g/mol. The molecule has 7 nitrogen and oxygen atoms in total. The van der Waals surface area contributed by atoms with Gasteiger partial charge in [-0.3, -0.25) is 9.69 Å². The average molecular weight is 549 g/mol. The van der Waals surface area contributed by atoms with E-state index < -0.39 is 0 Å². The molecule has 0 aromatic carbocycles. The van der Waals surface area contributed by atoms with Gasteiger partial charge in [-0.1, -0.05) is 58.9 Å². The van der Waals surface area contributed by atoms with Crippen molar-refractivity contribution < 1.29 is 4.79 Å². The van der Waals surface area contributed by atoms with E-state index in [9.17, 15) is 4.79 Å². The number of nitrogens with zero attached hydrogens (tertiary/aromatic N) is 4. The molecule has 0 radical (unpaired) electrons. The fraction of sp³-hybridized carbons (Fsp3) is 0.545. The Morgan fingerprint density at radius 2 is 1.40 bits per heavy atom. The Morgan fingerprint density at radius 3 is 1.93 bits per heavy atom. The molecule has 0 aliphatic rings. The van der Waals surface area contributed by atoms with E-state index >= 15 is 0 Å². The summed E-state index contributed by atoms with van der Waals surface area (Å²) in [5, 5.41) is 0. The molecule has 0 bridgehead atoms. The number of aromatic nitrogens is 4. The molecule has 2 rings (SSSR count). The standard InChI is InChI=1S/C33H52N6O/c1-10-17-38(9)22-31-34-20-30(36-31)27(8)15-16-28(12-3)25(6)13-14-26(7)29-21-35-32(37-29)23-39(18-11-2)33(40)19-24(4)5/h13-16,20-21,24H,10-12,17-19,22-23H2,1-9H3,(H,34,36)(H,35,37)/b25-13+,26-14+,27-15+,28-16+. The molecule has 220 valence electrons. The molecule has 0 fully saturated rings. The van der Waals surface area contributed by atoms with Gasteiger partial charge in [-0.15, -0.1) is 0 Å². The van der Waals surface area contributed by atoms with Crippen LogP contribution in [0.5, 0.6) is 0 Å². The molecule has 2 aromatic heterocycles. The van der Waals surface area contributed by atoms with Gasteiger partial charge in [-0.05, 0) is 81.8 Å². The van der Waals surface area contributed by atoms with Crippen molar-refractivity contribution in [2.75, 3.05) is 20.1 Å². The number of rotatable bonds is 16. The Labute approximate surface area is 242 Å². The molecule has 2 heterocycles. The van der Waals surface area contributed by atoms with Crippen LogP contribution >= 0.6 is 0 Å². The average Bonchev–Trinajstić information content (AvgIpc) is 3.57. The number of H-pyrrole nitrogens is 2. The van der Waals surface area contributed by atoms with Crippen LogP contribution in [-0.2, 0) is 17.9 Å². The Bertz CT molecular complexity index is 1190. The molecule has 7 heteroatoms. The molecule has 2 aromatic rings. The summed E-state index contributed by atoms with van der Waals surface area (Å²) in [6.07, 6.45) is 16.1. The summed E-state index contributed by atoms with van der Waals surface area (Å²) < 4.78 is 0. The van der Waals surface area contributed by atoms with E-state index in [1.165, 1.54) is 11.1 Å². The first-order valence-electron chi connectivity index (χ1n) is 14.9. The van der Waals surface area contributed by atoms with E-state index in [1.807, 2.05) is 17.3 Å². The summed E-state index contributed by atoms with van der Waals surface area (Å²) in [5.74, 6) is 2.36. The zero-order valence-corrected chi connectivity index (χ0v) is 26.4. The van der Waals surface area contributed by atoms with Gasteiger partial charge in [0.25, 0.3) is 0 Å². The van der Waals surface area contributed by atoms with Crippen molar-refractivity contribution in [3.8, 4) is 0 Å². The summed E-state index contributed by atoms with van der Waals surface area (Å²) in [7, 11) is 2.12. The summed E-state index contributed by atoms with van der Waals surface area (Å²) in [4.78, 5) is 32.8. The Balaban J connectivity index is 2.10. The Morgan fingerprint density at radius 1 is 0.850 bits per heavy atom. The smallest absolute Gasteiger partial charge is 0.223 e. The Hall–Kier alpha value is -3.19. The summed E-state index contributed by atoms with van der Waals surface area (Å²) in [6, 6.07) is 0. The second-order valence-electron chi connectivity index (χ2n) is 11.2. The molecule has 40 heavy (non-hydrogen) atoms. The van der Waals surface area contributed by atoms with E-state index in [0.717, 1.165) is 73.1 Å². The summed E-state index contributed by atoms with van der Waals surface area (Å²) in [6.45, 7) is 20.1. The lowest BCUT2D eigenvalue weighted by Gasteiger charge is -2.22. The minimum atomic E-state index is 0.191. The van der Waals surface area contributed by atoms with Crippen LogP contribution in [0.15, 0.2) is 47.8 Å². The predicted molar refractivity (Wildman–Crippen MR) is 168 cm³/mol. The fourth-order valence-corrected chi connectivity index (χ4v) is 4.51. The lowest BCUT2D eigenvalue weighted by Crippen LogP contribution is -2.32. The van der Waals surface area contributed by atoms with Gasteiger partial charge in [0.1, 0.15) is 11.6 Å². The Kier molecular flexibility index (Phi) is 13.9. The minimum Gasteiger partial charge on any atom is -0.341 e. The second kappa shape index (κ2) is 16.8. The van der Waals surface area contributed by atoms with E-state index in [1.54, 1.807) is 0 Å². The maximum Gasteiger partial charge on any atom is 0.223 e. The maximum atomic E-state index is 12.6. The third-order valence-electron chi connectivity index (χ3n) is 6.91. The SMILES string of the molecule is CCCN(C)Cc1ncc(/C(C)=C/C=C(CC)/C(C)=C/C=C(\C)c2cnc(CN(CCC)C(=O)CC(C)C)[nH]2)[nH]1. The molecule has 0 spiro atoms. The van der Waals surface area contributed by atoms with Gasteiger partial charge in [-0.25, -0.2) is 9.97 Å². The van der Waals surface area contributed by atoms with E-state index in [0.29, 0.717) is 18.9 Å². The van der Waals surface area contributed by atoms with Gasteiger partial charge < -0.3 is 14.9 Å². The molecule has 0 aliphatic heterocycles. The molecular formula is C33H52N6O. The van der Waals surface area contributed by atoms with Crippen molar-refractivity contribution in [1.29, 1.82) is 0 Å². The number of hydrogen-bond acceptors (Lipinski definition) is 4. The van der Waals surface area contributed by atoms with Gasteiger partial charge >= 0.3 is 0 Å². The van der Waals surface area contributed by atoms with Crippen molar-refractivity contribution in [2.24, 2.45) is 5.92 Å². The summed E-state index contributed by atoms with van der Waals surface area (Å²) >= 11 is 0. The van der Waals surface area contributed by atoms with Crippen molar-refractivity contribution in [3.05, 3.63) is 70.9 Å². The number of amides is 1. The highest BCUT2D eigenvalue weighted by atomic mass is 16.2. The molecule has 0 atom stereocenters. The fourth-order valence-electron chi connectivity index (χ4n) is 4.51. The lowest BCUT2D eigenvalue weighted by molar-refractivity contribution is -0.132. The highest BCUT2D eigenvalue weighted by Gasteiger charge is 2.16. The lowest BCUT2D eigenvalue weighted by atomic mass is 10.0. The van der Waals surface area contributed by atoms with E-state index in [2.05, 4.69) is 112 Å². The predicted octanol–water partition coefficient (Wildman–Crippen LogP) is 7.55. The van der Waals surface area contributed by atoms with Crippen LogP contribution in [0.1, 0.15) is 104 Å². The van der Waals surface area contributed by atoms with Crippen LogP contribution in [0.25, 0.3) is 11.1 Å². The third-order valence-corrected chi connectivity index (χ3v) is 6.91. The molecule has 0 aliphatic carbocycles. The largest absolute Gasteiger partial charge is 0.341 e. The zero-order chi connectivity index (χ0) is 29.7. The maximum absolute atomic E-state index is 12.6. The first kappa shape index (κ1) is 33.0. The second-order valence-corrected chi connectivity index (χ2v) is 11.2. The van der Waals surface area contributed by atoms with E-state index in [4.69, 9.17) is 0 Å². The van der Waals surface area contributed by atoms with Gasteiger partial charge in [0, 0.05) is 13.0 Å². The normalized spacial score (nSPS) is 13.6. The molecule has 0 saturated heterocycles. The van der Waals surface area contributed by atoms with Crippen molar-refractivity contribution in [1.82, 2.24) is 29.7 Å². The number of carbonyl (C=O) groups is 1. The molecule has 1 amide bonds. The number of allylic oxidation sites excluding steroid dienone is 8. The van der Waals surface area contributed by atoms with Crippen molar-refractivity contribution >= 4 is 17.1 Å². The molecule has 0 unspecified atom stereocenters. The number of carbonyl (C=O) groups excluding carboxylic acids is 1. The topological polar surface area (TPSA) is 80.9 Å². The number of nitrogens with one attached hydrogen (secondary N) is 2. The number of hydrogen-bond donors (Lipinski definition) is 2. The van der Waals surface area contributed by atoms with Gasteiger partial charge in [0.2, 0.25) is 5.91 Å². The molecular weight excluding hydrogens is 496 g/mol. The van der Waals surface area contributed by atoms with E-state index in [-0.39, 0.29) is 5.91 Å². The van der Waals surface area contributed by atoms with Crippen LogP contribution in [-0.4, -0.2) is 55.8 Å². The van der Waals surface area contributed by atoms with Crippen LogP contribution in [0.4, 0.5) is 0 Å². The van der Waals surface area contributed by atoms with Crippen molar-refractivity contribution in [2.45, 2.75) is 94.2 Å². The van der Waals surface area contributed by atoms with Gasteiger partial charge in [0.15, 0.2) is 0 Å². The van der Waals surface area contributed by atoms with Gasteiger partial charge in [0.05, 0.1) is 36.9 Å². The first-order valence-corrected chi connectivity index (χ1v) is 14.9. The highest BCUT2D eigenvalue weighted by molar-refractivity contribution is 5.76. The van der Waals surface area contributed by atoms with Crippen LogP contribution in [0.3, 0.4) is 0 Å². The zero-order valence-electron chi connectivity index (χ0n) is 26.4. The third kappa shape index (κ3) is 10.8. The quantitative estimate of drug-likeness (QED) is 0.212. The van der Waals surface area contributed by atoms with Gasteiger partial charge in [-0.2, -0.15) is 0 Å². The number of aromatic amines is 2. The molecule has 2 N–H and O–H groups in total. The van der Waals surface area contributed by atoms with Crippen LogP contribution in [0, 0.1) is 5.92 Å². The molecule has 0 saturated carbocycles. The summed E-state index contributed by atoms with van der Waals surface area (Å²) in [5.41, 5.74) is 6.82. The highest BCUT2D eigenvalue weighted by Crippen LogP contribution is 2.19. The van der Waals surface area contributed by atoms with Crippen LogP contribution < -0.4 is 0 Å². The minimum absolute atomic E-state index is 0.191. The number of imidazole rings is 2. The van der Waals surface area contributed by atoms with Crippen LogP contribution in [0.2, 0.25) is 0 Å². The van der Waals surface area contributed by atoms with Crippen molar-refractivity contribution in [3.63, 3.8) is 0 Å².